The monoisotopic (exact) mass is 599 g/mol. The molecule has 0 bridgehead atoms. The van der Waals surface area contributed by atoms with Gasteiger partial charge in [-0.25, -0.2) is 0 Å². The van der Waals surface area contributed by atoms with Crippen molar-refractivity contribution in [2.75, 3.05) is 30.1 Å². The van der Waals surface area contributed by atoms with Crippen molar-refractivity contribution in [2.45, 2.75) is 46.1 Å². The SMILES string of the molecule is C=C.CS/C(=C\C(C)CCN(C)c1ccccc1C)C(=O)NC1CC1.Cc1ccccc1C(=O)Nc1ccc(C=O)cc1. The van der Waals surface area contributed by atoms with Gasteiger partial charge in [-0.1, -0.05) is 49.4 Å². The third-order valence-corrected chi connectivity index (χ3v) is 7.69. The number of amides is 2. The van der Waals surface area contributed by atoms with Crippen LogP contribution in [-0.4, -0.2) is 44.0 Å². The second-order valence-electron chi connectivity index (χ2n) is 10.5. The van der Waals surface area contributed by atoms with E-state index in [4.69, 9.17) is 0 Å². The van der Waals surface area contributed by atoms with Crippen molar-refractivity contribution >= 4 is 41.2 Å². The number of aryl methyl sites for hydroxylation is 2. The molecule has 0 spiro atoms. The minimum Gasteiger partial charge on any atom is -0.374 e. The minimum atomic E-state index is -0.146. The summed E-state index contributed by atoms with van der Waals surface area (Å²) < 4.78 is 0. The Bertz CT molecular complexity index is 1370. The normalized spacial score (nSPS) is 12.8. The van der Waals surface area contributed by atoms with Gasteiger partial charge in [-0.05, 0) is 92.8 Å². The van der Waals surface area contributed by atoms with Gasteiger partial charge in [0.05, 0.1) is 4.91 Å². The number of hydrogen-bond acceptors (Lipinski definition) is 5. The molecule has 4 rings (SSSR count). The lowest BCUT2D eigenvalue weighted by molar-refractivity contribution is -0.117. The van der Waals surface area contributed by atoms with E-state index in [1.165, 1.54) is 11.3 Å². The van der Waals surface area contributed by atoms with E-state index in [1.807, 2.05) is 31.4 Å². The summed E-state index contributed by atoms with van der Waals surface area (Å²) in [6.07, 6.45) is 8.16. The van der Waals surface area contributed by atoms with E-state index in [1.54, 1.807) is 42.1 Å². The van der Waals surface area contributed by atoms with Crippen LogP contribution < -0.4 is 15.5 Å². The molecule has 6 nitrogen and oxygen atoms in total. The van der Waals surface area contributed by atoms with Crippen molar-refractivity contribution in [3.63, 3.8) is 0 Å². The molecule has 7 heteroatoms. The van der Waals surface area contributed by atoms with Crippen LogP contribution in [0, 0.1) is 19.8 Å². The maximum Gasteiger partial charge on any atom is 0.257 e. The number of benzene rings is 3. The lowest BCUT2D eigenvalue weighted by Gasteiger charge is -2.22. The molecule has 3 aromatic rings. The van der Waals surface area contributed by atoms with Crippen LogP contribution in [0.5, 0.6) is 0 Å². The van der Waals surface area contributed by atoms with Gasteiger partial charge in [-0.2, -0.15) is 0 Å². The highest BCUT2D eigenvalue weighted by molar-refractivity contribution is 8.03. The highest BCUT2D eigenvalue weighted by Crippen LogP contribution is 2.23. The number of para-hydroxylation sites is 1. The smallest absolute Gasteiger partial charge is 0.257 e. The average Bonchev–Trinajstić information content (AvgIpc) is 3.84. The molecule has 1 unspecified atom stereocenters. The molecule has 3 aromatic carbocycles. The van der Waals surface area contributed by atoms with Crippen LogP contribution in [0.4, 0.5) is 11.4 Å². The first kappa shape index (κ1) is 35.1. The fourth-order valence-electron chi connectivity index (χ4n) is 4.24. The first-order chi connectivity index (χ1) is 20.7. The number of carbonyl (C=O) groups excluding carboxylic acids is 3. The Labute approximate surface area is 261 Å². The molecular weight excluding hydrogens is 554 g/mol. The van der Waals surface area contributed by atoms with Gasteiger partial charge >= 0.3 is 0 Å². The molecule has 0 radical (unpaired) electrons. The van der Waals surface area contributed by atoms with Gasteiger partial charge in [0.1, 0.15) is 6.29 Å². The zero-order valence-corrected chi connectivity index (χ0v) is 26.9. The van der Waals surface area contributed by atoms with Gasteiger partial charge in [-0.15, -0.1) is 24.9 Å². The Morgan fingerprint density at radius 2 is 1.58 bits per heavy atom. The van der Waals surface area contributed by atoms with Crippen molar-refractivity contribution in [1.29, 1.82) is 0 Å². The van der Waals surface area contributed by atoms with E-state index in [2.05, 4.69) is 79.9 Å². The molecule has 0 saturated heterocycles. The Morgan fingerprint density at radius 3 is 2.14 bits per heavy atom. The summed E-state index contributed by atoms with van der Waals surface area (Å²) in [6.45, 7) is 13.2. The zero-order valence-electron chi connectivity index (χ0n) is 26.1. The van der Waals surface area contributed by atoms with Crippen LogP contribution in [0.1, 0.15) is 58.0 Å². The quantitative estimate of drug-likeness (QED) is 0.133. The minimum absolute atomic E-state index is 0.0964. The zero-order chi connectivity index (χ0) is 31.8. The van der Waals surface area contributed by atoms with Gasteiger partial charge in [0.25, 0.3) is 11.8 Å². The van der Waals surface area contributed by atoms with E-state index in [0.29, 0.717) is 28.8 Å². The molecule has 43 heavy (non-hydrogen) atoms. The van der Waals surface area contributed by atoms with Gasteiger partial charge in [0, 0.05) is 42.1 Å². The van der Waals surface area contributed by atoms with E-state index < -0.39 is 0 Å². The average molecular weight is 600 g/mol. The summed E-state index contributed by atoms with van der Waals surface area (Å²) in [7, 11) is 2.13. The van der Waals surface area contributed by atoms with E-state index in [9.17, 15) is 14.4 Å². The fourth-order valence-corrected chi connectivity index (χ4v) is 4.86. The molecule has 1 atom stereocenters. The number of nitrogens with zero attached hydrogens (tertiary/aromatic N) is 1. The first-order valence-electron chi connectivity index (χ1n) is 14.5. The van der Waals surface area contributed by atoms with Gasteiger partial charge < -0.3 is 15.5 Å². The second kappa shape index (κ2) is 18.4. The highest BCUT2D eigenvalue weighted by Gasteiger charge is 2.24. The van der Waals surface area contributed by atoms with E-state index >= 15 is 0 Å². The van der Waals surface area contributed by atoms with Crippen LogP contribution in [0.25, 0.3) is 0 Å². The lowest BCUT2D eigenvalue weighted by Crippen LogP contribution is -2.26. The molecule has 2 N–H and O–H groups in total. The molecule has 1 aliphatic carbocycles. The molecule has 1 saturated carbocycles. The summed E-state index contributed by atoms with van der Waals surface area (Å²) in [5.74, 6) is 0.333. The molecule has 228 valence electrons. The Kier molecular flexibility index (Phi) is 15.1. The number of carbonyl (C=O) groups is 3. The molecule has 2 amide bonds. The Morgan fingerprint density at radius 1 is 0.977 bits per heavy atom. The van der Waals surface area contributed by atoms with Gasteiger partial charge in [-0.3, -0.25) is 14.4 Å². The largest absolute Gasteiger partial charge is 0.374 e. The number of anilines is 2. The third kappa shape index (κ3) is 12.0. The number of nitrogens with one attached hydrogen (secondary N) is 2. The molecule has 0 heterocycles. The number of thioether (sulfide) groups is 1. The predicted octanol–water partition coefficient (Wildman–Crippen LogP) is 7.84. The molecular formula is C36H45N3O3S. The second-order valence-corrected chi connectivity index (χ2v) is 11.3. The predicted molar refractivity (Wildman–Crippen MR) is 183 cm³/mol. The molecule has 0 aliphatic heterocycles. The van der Waals surface area contributed by atoms with Gasteiger partial charge in [0.2, 0.25) is 0 Å². The standard InChI is InChI=1S/C19H28N2OS.C15H13NO2.C2H4/c1-14(13-18(23-4)19(22)20-16-9-10-16)11-12-21(3)17-8-6-5-7-15(17)2;1-11-4-2-3-5-14(11)15(18)16-13-8-6-12(10-17)7-9-13;1-2/h5-8,13-14,16H,9-12H2,1-4H3,(H,20,22);2-10H,1H3,(H,16,18);1-2H2/b18-13-;;. The summed E-state index contributed by atoms with van der Waals surface area (Å²) in [6, 6.07) is 23.0. The summed E-state index contributed by atoms with van der Waals surface area (Å²) in [4.78, 5) is 37.8. The Hall–Kier alpha value is -4.10. The fraction of sp³-hybridized carbons (Fsp3) is 0.306. The number of hydrogen-bond donors (Lipinski definition) is 2. The van der Waals surface area contributed by atoms with Crippen molar-refractivity contribution in [3.05, 3.63) is 119 Å². The summed E-state index contributed by atoms with van der Waals surface area (Å²) >= 11 is 1.54. The summed E-state index contributed by atoms with van der Waals surface area (Å²) in [5, 5.41) is 5.87. The van der Waals surface area contributed by atoms with Crippen LogP contribution >= 0.6 is 11.8 Å². The van der Waals surface area contributed by atoms with E-state index in [0.717, 1.165) is 42.6 Å². The van der Waals surface area contributed by atoms with Crippen molar-refractivity contribution in [2.24, 2.45) is 5.92 Å². The van der Waals surface area contributed by atoms with Crippen LogP contribution in [0.2, 0.25) is 0 Å². The highest BCUT2D eigenvalue weighted by atomic mass is 32.2. The van der Waals surface area contributed by atoms with Crippen LogP contribution in [-0.2, 0) is 4.79 Å². The van der Waals surface area contributed by atoms with Crippen molar-refractivity contribution in [3.8, 4) is 0 Å². The third-order valence-electron chi connectivity index (χ3n) is 6.93. The molecule has 0 aromatic heterocycles. The molecule has 1 fully saturated rings. The summed E-state index contributed by atoms with van der Waals surface area (Å²) in [5.41, 5.74) is 5.42. The van der Waals surface area contributed by atoms with Gasteiger partial charge in [0.15, 0.2) is 0 Å². The maximum absolute atomic E-state index is 12.2. The van der Waals surface area contributed by atoms with Crippen molar-refractivity contribution in [1.82, 2.24) is 5.32 Å². The number of aldehydes is 1. The van der Waals surface area contributed by atoms with Crippen molar-refractivity contribution < 1.29 is 14.4 Å². The van der Waals surface area contributed by atoms with Crippen LogP contribution in [0.15, 0.2) is 96.9 Å². The van der Waals surface area contributed by atoms with E-state index in [-0.39, 0.29) is 11.8 Å². The van der Waals surface area contributed by atoms with Crippen LogP contribution in [0.3, 0.4) is 0 Å². The topological polar surface area (TPSA) is 78.5 Å². The first-order valence-corrected chi connectivity index (χ1v) is 15.7. The Balaban J connectivity index is 0.000000291. The number of rotatable bonds is 11. The molecule has 1 aliphatic rings. The lowest BCUT2D eigenvalue weighted by atomic mass is 10.1. The number of allylic oxidation sites excluding steroid dienone is 1. The maximum atomic E-state index is 12.2.